The van der Waals surface area contributed by atoms with E-state index < -0.39 is 111 Å². The number of hydrogen-bond donors (Lipinski definition) is 2. The number of benzene rings is 5. The molecule has 0 unspecified atom stereocenters. The molecule has 0 radical (unpaired) electrons. The molecule has 0 saturated heterocycles. The van der Waals surface area contributed by atoms with Gasteiger partial charge in [-0.3, -0.25) is 91.9 Å². The Kier molecular flexibility index (Phi) is 37.9. The van der Waals surface area contributed by atoms with Crippen LogP contribution in [0.2, 0.25) is 0 Å². The molecule has 0 amide bonds. The van der Waals surface area contributed by atoms with Gasteiger partial charge in [0.25, 0.3) is 11.6 Å². The first-order chi connectivity index (χ1) is 54.8. The van der Waals surface area contributed by atoms with Gasteiger partial charge in [-0.15, -0.1) is 11.3 Å². The average molecular weight is 2030 g/mol. The molecule has 5 aromatic heterocycles. The van der Waals surface area contributed by atoms with E-state index in [4.69, 9.17) is 62.0 Å². The normalized spacial score (nSPS) is 13.3. The van der Waals surface area contributed by atoms with Crippen molar-refractivity contribution in [2.45, 2.75) is 0 Å². The molecule has 0 saturated carbocycles. The number of aliphatic hydroxyl groups excluding tert-OH is 2. The molecule has 0 fully saturated rings. The van der Waals surface area contributed by atoms with Crippen LogP contribution >= 0.6 is 82.8 Å². The van der Waals surface area contributed by atoms with Gasteiger partial charge in [0.15, 0.2) is 28.2 Å². The third-order valence-electron chi connectivity index (χ3n) is 15.2. The number of rotatable bonds is 2. The Morgan fingerprint density at radius 1 is 0.357 bits per heavy atom. The van der Waals surface area contributed by atoms with Gasteiger partial charge >= 0.3 is 48.3 Å². The second kappa shape index (κ2) is 45.6. The average Bonchev–Trinajstić information content (AvgIpc) is 1.57. The minimum atomic E-state index is -1.14. The zero-order valence-electron chi connectivity index (χ0n) is 56.4. The first kappa shape index (κ1) is 95.5. The Balaban J connectivity index is 0.000000179. The van der Waals surface area contributed by atoms with E-state index in [0.29, 0.717) is 10.9 Å². The zero-order chi connectivity index (χ0) is 82.8. The van der Waals surface area contributed by atoms with Crippen LogP contribution in [0.5, 0.6) is 0 Å². The maximum absolute atomic E-state index is 12.9. The van der Waals surface area contributed by atoms with Gasteiger partial charge in [-0.25, -0.2) is 0 Å². The van der Waals surface area contributed by atoms with Crippen LogP contribution < -0.4 is 21.7 Å². The molecule has 48 heteroatoms. The SMILES string of the molecule is O=C(Cl)Cl.O=C1C(=O)c2ncccc2C(O)=C1C1=C(Cl)C(=O)c2ccccc2C1=O.O=C1C(Cl)=C(C2=C(Cl)C(=O)c3ncccc3C2=O)C(=O)c2ccccc21.O=C1C=C(O)c2cccnc2C1=O.O=c1c2ccccc2c(=O)c2c1sc1c(=O)c3ncccc3c(=O)c12.S.S=S=S=S=S=S=S=S=S=S=S=S=S=S=S=S=S=S.[Na][Na]. The Bertz CT molecular complexity index is 6990. The number of thiophene rings is 1. The third kappa shape index (κ3) is 21.9. The summed E-state index contributed by atoms with van der Waals surface area (Å²) in [6.45, 7) is 0. The van der Waals surface area contributed by atoms with E-state index in [9.17, 15) is 77.3 Å². The van der Waals surface area contributed by atoms with Crippen molar-refractivity contribution in [3.8, 4) is 0 Å². The van der Waals surface area contributed by atoms with E-state index >= 15 is 0 Å². The molecular formula is C67H29Cl5N4Na2O17S20. The van der Waals surface area contributed by atoms with Crippen molar-refractivity contribution in [1.82, 2.24) is 19.9 Å². The van der Waals surface area contributed by atoms with Gasteiger partial charge < -0.3 is 10.2 Å². The molecule has 5 heterocycles. The monoisotopic (exact) mass is 2020 g/mol. The van der Waals surface area contributed by atoms with E-state index in [1.54, 1.807) is 191 Å². The minimum absolute atomic E-state index is 0. The molecule has 0 atom stereocenters. The van der Waals surface area contributed by atoms with Crippen LogP contribution in [0.3, 0.4) is 0 Å². The van der Waals surface area contributed by atoms with Crippen LogP contribution in [-0.2, 0) is 174 Å². The number of carbonyl (C=O) groups excluding carboxylic acids is 11. The van der Waals surface area contributed by atoms with Crippen molar-refractivity contribution in [3.05, 3.63) is 286 Å². The summed E-state index contributed by atoms with van der Waals surface area (Å²) in [5.74, 6) is -8.31. The number of hydrogen-bond acceptors (Lipinski definition) is 24. The van der Waals surface area contributed by atoms with Crippen molar-refractivity contribution in [2.24, 2.45) is 0 Å². The van der Waals surface area contributed by atoms with Gasteiger partial charge in [0.2, 0.25) is 39.8 Å². The number of carbonyl (C=O) groups is 11. The van der Waals surface area contributed by atoms with Gasteiger partial charge in [0.05, 0.1) is 53.4 Å². The van der Waals surface area contributed by atoms with Crippen LogP contribution in [0.15, 0.2) is 209 Å². The summed E-state index contributed by atoms with van der Waals surface area (Å²) in [6.07, 6.45) is 6.42. The Labute approximate surface area is 764 Å². The number of pyridine rings is 4. The second-order valence-electron chi connectivity index (χ2n) is 21.0. The zero-order valence-corrected chi connectivity index (χ0v) is 80.7. The third-order valence-corrected chi connectivity index (χ3v) is 50.8. The van der Waals surface area contributed by atoms with Gasteiger partial charge in [-0.1, -0.05) is 108 Å². The number of halogens is 5. The van der Waals surface area contributed by atoms with Crippen molar-refractivity contribution in [3.63, 3.8) is 0 Å². The fourth-order valence-corrected chi connectivity index (χ4v) is 51.2. The summed E-state index contributed by atoms with van der Waals surface area (Å²) in [5.41, 5.74) is -2.86. The summed E-state index contributed by atoms with van der Waals surface area (Å²) >= 11 is 40.4. The number of aromatic nitrogens is 4. The molecule has 5 aliphatic rings. The number of aliphatic hydroxyl groups is 2. The predicted octanol–water partition coefficient (Wildman–Crippen LogP) is 9.92. The fraction of sp³-hybridized carbons (Fsp3) is 0. The molecule has 21 nitrogen and oxygen atoms in total. The molecule has 576 valence electrons. The van der Waals surface area contributed by atoms with Crippen molar-refractivity contribution < 1.29 is 63.0 Å². The number of Topliss-reactive ketones (excluding diaryl/α,β-unsaturated/α-hetero) is 9. The molecule has 10 aromatic rings. The van der Waals surface area contributed by atoms with E-state index in [2.05, 4.69) is 43.1 Å². The van der Waals surface area contributed by atoms with Crippen LogP contribution in [-0.4, -0.2) is 136 Å². The predicted molar refractivity (Wildman–Crippen MR) is 500 cm³/mol. The number of allylic oxidation sites excluding steroid dienone is 8. The van der Waals surface area contributed by atoms with Gasteiger partial charge in [0, 0.05) is 239 Å². The van der Waals surface area contributed by atoms with Crippen LogP contribution in [0, 0.1) is 0 Å². The van der Waals surface area contributed by atoms with Crippen molar-refractivity contribution >= 4 is 407 Å². The molecule has 115 heavy (non-hydrogen) atoms. The number of ketones is 10. The first-order valence-corrected chi connectivity index (χ1v) is 63.9. The quantitative estimate of drug-likeness (QED) is 0.0923. The van der Waals surface area contributed by atoms with Crippen LogP contribution in [0.4, 0.5) is 4.79 Å². The molecule has 0 spiro atoms. The van der Waals surface area contributed by atoms with Crippen LogP contribution in [0.1, 0.15) is 94.4 Å². The van der Waals surface area contributed by atoms with Crippen molar-refractivity contribution in [1.29, 1.82) is 0 Å². The topological polar surface area (TPSA) is 348 Å². The first-order valence-electron chi connectivity index (χ1n) is 30.5. The molecule has 2 N–H and O–H groups in total. The molecule has 15 rings (SSSR count). The second-order valence-corrected chi connectivity index (χ2v) is 52.4. The Morgan fingerprint density at radius 2 is 0.678 bits per heavy atom. The Hall–Kier alpha value is -4.93. The molecule has 0 aliphatic heterocycles. The number of nitrogens with zero attached hydrogens (tertiary/aromatic N) is 4. The fourth-order valence-electron chi connectivity index (χ4n) is 10.7. The van der Waals surface area contributed by atoms with Gasteiger partial charge in [-0.05, 0) is 71.7 Å². The van der Waals surface area contributed by atoms with Crippen molar-refractivity contribution in [2.75, 3.05) is 0 Å². The van der Waals surface area contributed by atoms with Gasteiger partial charge in [0.1, 0.15) is 49.2 Å². The molecule has 0 bridgehead atoms. The molecule has 5 aliphatic carbocycles. The van der Waals surface area contributed by atoms with Gasteiger partial charge in [-0.2, -0.15) is 13.5 Å². The summed E-state index contributed by atoms with van der Waals surface area (Å²) in [4.78, 5) is 199. The summed E-state index contributed by atoms with van der Waals surface area (Å²) in [5, 5.41) is 19.2. The summed E-state index contributed by atoms with van der Waals surface area (Å²) < 4.78 is -0.612. The van der Waals surface area contributed by atoms with E-state index in [-0.39, 0.29) is 123 Å². The van der Waals surface area contributed by atoms with E-state index in [1.165, 1.54) is 141 Å². The summed E-state index contributed by atoms with van der Waals surface area (Å²) in [7, 11) is 27.2. The van der Waals surface area contributed by atoms with E-state index in [1.807, 2.05) is 0 Å². The summed E-state index contributed by atoms with van der Waals surface area (Å²) in [6, 6.07) is 30.6. The van der Waals surface area contributed by atoms with E-state index in [0.717, 1.165) is 17.4 Å². The van der Waals surface area contributed by atoms with Crippen LogP contribution in [0.25, 0.3) is 53.4 Å². The molecular weight excluding hydrogens is 2000 g/mol. The number of fused-ring (bicyclic) bond motifs is 10. The standard InChI is InChI=1S/C19H7Cl2NO4.C19H8ClNO5.C19H7NO4S.C9H5NO3.CCl2O.2Na.S18.H2S/c20-13-11(16(23)8-4-1-2-5-9(8)18(13)25)12-14(21)19(26)15-10(17(12)24)6-3-7-22-15;20-13-11(15(22)8-4-1-2-5-9(8)17(13)24)12-16(23)10-6-3-7-21-14(10)19(26)18(12)25;21-14-8-4-1-2-5-9(8)16(23)18-11(14)12-15(22)10-6-3-7-20-13(10)17(24)19(12)25-18;11-6-4-7(12)9(13)8-5(6)2-1-3-10-8;2-1(3)4;;;1-3-5-7-9-11-13-15-17-18-16-14-12-10-8-6-4-2;/h1-7H;1-7,23H;1-7H;1-4,11H;;;;;1H2. The Morgan fingerprint density at radius 3 is 1.14 bits per heavy atom. The molecule has 5 aromatic carbocycles. The maximum atomic E-state index is 12.9.